The number of hydrogen-bond acceptors (Lipinski definition) is 6. The summed E-state index contributed by atoms with van der Waals surface area (Å²) < 4.78 is 26.8. The quantitative estimate of drug-likeness (QED) is 0.433. The van der Waals surface area contributed by atoms with Crippen LogP contribution in [0.2, 0.25) is 5.02 Å². The van der Waals surface area contributed by atoms with E-state index in [4.69, 9.17) is 21.1 Å². The molecule has 210 valence electrons. The summed E-state index contributed by atoms with van der Waals surface area (Å²) in [7, 11) is 0. The van der Waals surface area contributed by atoms with Crippen LogP contribution < -0.4 is 14.4 Å². The zero-order valence-corrected chi connectivity index (χ0v) is 23.1. The van der Waals surface area contributed by atoms with E-state index in [9.17, 15) is 14.7 Å². The molecule has 0 saturated carbocycles. The Kier molecular flexibility index (Phi) is 8.23. The Morgan fingerprint density at radius 2 is 1.98 bits per heavy atom. The number of anilines is 1. The van der Waals surface area contributed by atoms with Crippen LogP contribution in [0.5, 0.6) is 11.6 Å². The van der Waals surface area contributed by atoms with E-state index in [1.54, 1.807) is 34.9 Å². The number of amides is 2. The number of carbonyl (C=O) groups is 2. The van der Waals surface area contributed by atoms with Crippen molar-refractivity contribution in [3.05, 3.63) is 71.1 Å². The third kappa shape index (κ3) is 5.62. The number of fused-ring (bicyclic) bond motifs is 1. The van der Waals surface area contributed by atoms with Crippen molar-refractivity contribution in [3.63, 3.8) is 0 Å². The van der Waals surface area contributed by atoms with Gasteiger partial charge in [0, 0.05) is 43.4 Å². The van der Waals surface area contributed by atoms with E-state index in [2.05, 4.69) is 4.98 Å². The third-order valence-corrected chi connectivity index (χ3v) is 7.49. The lowest BCUT2D eigenvalue weighted by Crippen LogP contribution is -2.54. The molecular weight excluding hydrogens is 537 g/mol. The first kappa shape index (κ1) is 27.9. The number of halogens is 2. The minimum atomic E-state index is -0.679. The molecule has 3 heterocycles. The second-order valence-electron chi connectivity index (χ2n) is 10.3. The second-order valence-corrected chi connectivity index (χ2v) is 10.7. The summed E-state index contributed by atoms with van der Waals surface area (Å²) in [5.74, 6) is -0.299. The zero-order valence-electron chi connectivity index (χ0n) is 22.3. The predicted molar refractivity (Wildman–Crippen MR) is 149 cm³/mol. The number of aromatic nitrogens is 1. The van der Waals surface area contributed by atoms with Crippen LogP contribution in [0.3, 0.4) is 0 Å². The molecule has 0 aliphatic carbocycles. The van der Waals surface area contributed by atoms with Gasteiger partial charge in [-0.25, -0.2) is 9.37 Å². The number of benzene rings is 2. The van der Waals surface area contributed by atoms with Gasteiger partial charge in [-0.15, -0.1) is 0 Å². The normalized spacial score (nSPS) is 18.2. The summed E-state index contributed by atoms with van der Waals surface area (Å²) in [6, 6.07) is 13.3. The fourth-order valence-electron chi connectivity index (χ4n) is 5.06. The molecule has 1 aromatic heterocycles. The number of rotatable bonds is 7. The summed E-state index contributed by atoms with van der Waals surface area (Å²) in [5, 5.41) is 9.68. The molecule has 1 fully saturated rings. The Hall–Kier alpha value is -3.69. The number of piperidine rings is 1. The first-order valence-electron chi connectivity index (χ1n) is 13.3. The van der Waals surface area contributed by atoms with E-state index in [1.165, 1.54) is 18.3 Å². The van der Waals surface area contributed by atoms with Crippen LogP contribution in [0.15, 0.2) is 54.7 Å². The molecule has 5 rings (SSSR count). The number of nitrogens with zero attached hydrogens (tertiary/aromatic N) is 3. The summed E-state index contributed by atoms with van der Waals surface area (Å²) in [6.45, 7) is 4.62. The average Bonchev–Trinajstić information content (AvgIpc) is 2.97. The maximum Gasteiger partial charge on any atom is 0.268 e. The summed E-state index contributed by atoms with van der Waals surface area (Å²) >= 11 is 6.14. The predicted octanol–water partition coefficient (Wildman–Crippen LogP) is 4.97. The van der Waals surface area contributed by atoms with Crippen LogP contribution in [0, 0.1) is 11.7 Å². The lowest BCUT2D eigenvalue weighted by atomic mass is 9.99. The van der Waals surface area contributed by atoms with Crippen LogP contribution in [0.4, 0.5) is 10.1 Å². The Morgan fingerprint density at radius 1 is 1.23 bits per heavy atom. The molecule has 0 unspecified atom stereocenters. The molecule has 1 saturated heterocycles. The van der Waals surface area contributed by atoms with Crippen molar-refractivity contribution in [2.24, 2.45) is 5.92 Å². The molecule has 0 radical (unpaired) electrons. The number of likely N-dealkylation sites (tertiary alicyclic amines) is 1. The lowest BCUT2D eigenvalue weighted by molar-refractivity contribution is -0.126. The van der Waals surface area contributed by atoms with Crippen LogP contribution >= 0.6 is 11.6 Å². The maximum atomic E-state index is 15.3. The van der Waals surface area contributed by atoms with Gasteiger partial charge in [-0.1, -0.05) is 42.8 Å². The number of aliphatic hydroxyl groups excluding tert-OH is 1. The highest BCUT2D eigenvalue weighted by Gasteiger charge is 2.39. The lowest BCUT2D eigenvalue weighted by Gasteiger charge is -2.41. The van der Waals surface area contributed by atoms with Crippen molar-refractivity contribution in [3.8, 4) is 22.8 Å². The van der Waals surface area contributed by atoms with Crippen molar-refractivity contribution in [2.75, 3.05) is 31.2 Å². The highest BCUT2D eigenvalue weighted by Crippen LogP contribution is 2.37. The highest BCUT2D eigenvalue weighted by atomic mass is 35.5. The molecule has 2 aromatic carbocycles. The van der Waals surface area contributed by atoms with Gasteiger partial charge in [-0.2, -0.15) is 0 Å². The van der Waals surface area contributed by atoms with Crippen molar-refractivity contribution in [1.82, 2.24) is 9.88 Å². The van der Waals surface area contributed by atoms with Crippen molar-refractivity contribution in [1.29, 1.82) is 0 Å². The van der Waals surface area contributed by atoms with Gasteiger partial charge in [0.2, 0.25) is 5.88 Å². The Labute approximate surface area is 237 Å². The van der Waals surface area contributed by atoms with Crippen LogP contribution in [0.1, 0.15) is 37.0 Å². The maximum absolute atomic E-state index is 15.3. The average molecular weight is 568 g/mol. The molecule has 2 aliphatic heterocycles. The summed E-state index contributed by atoms with van der Waals surface area (Å²) in [6.07, 6.45) is 1.84. The largest absolute Gasteiger partial charge is 0.493 e. The molecule has 10 heteroatoms. The fourth-order valence-corrected chi connectivity index (χ4v) is 5.21. The monoisotopic (exact) mass is 567 g/mol. The standard InChI is InChI=1S/C30H31ClFN3O5/c1-18(16-36)17-39-27-6-4-3-5-23(27)20-7-8-24(25(32)13-20)30(38)34-11-9-22(10-12-34)35-26-14-21(31)15-33-28(26)40-19(2)29(35)37/h3-8,13-15,18-19,22,36H,9-12,16-17H2,1-2H3/t18-,19+/m1/s1. The Balaban J connectivity index is 1.29. The molecular formula is C30H31ClFN3O5. The highest BCUT2D eigenvalue weighted by molar-refractivity contribution is 6.30. The Morgan fingerprint density at radius 3 is 2.70 bits per heavy atom. The van der Waals surface area contributed by atoms with E-state index < -0.39 is 17.8 Å². The minimum absolute atomic E-state index is 0.00553. The molecule has 8 nitrogen and oxygen atoms in total. The molecule has 1 N–H and O–H groups in total. The number of pyridine rings is 1. The summed E-state index contributed by atoms with van der Waals surface area (Å²) in [5.41, 5.74) is 1.81. The smallest absolute Gasteiger partial charge is 0.268 e. The molecule has 40 heavy (non-hydrogen) atoms. The van der Waals surface area contributed by atoms with Gasteiger partial charge in [-0.3, -0.25) is 9.59 Å². The SMILES string of the molecule is C[C@H](CO)COc1ccccc1-c1ccc(C(=O)N2CCC(N3C(=O)[C@H](C)Oc4ncc(Cl)cc43)CC2)c(F)c1. The third-order valence-electron chi connectivity index (χ3n) is 7.28. The van der Waals surface area contributed by atoms with E-state index in [-0.39, 0.29) is 30.0 Å². The van der Waals surface area contributed by atoms with E-state index in [0.29, 0.717) is 66.0 Å². The summed E-state index contributed by atoms with van der Waals surface area (Å²) in [4.78, 5) is 33.8. The Bertz CT molecular complexity index is 1410. The zero-order chi connectivity index (χ0) is 28.4. The van der Waals surface area contributed by atoms with Gasteiger partial charge < -0.3 is 24.4 Å². The van der Waals surface area contributed by atoms with E-state index in [1.807, 2.05) is 25.1 Å². The van der Waals surface area contributed by atoms with Crippen LogP contribution in [0.25, 0.3) is 11.1 Å². The van der Waals surface area contributed by atoms with Crippen molar-refractivity contribution in [2.45, 2.75) is 38.8 Å². The number of carbonyl (C=O) groups excluding carboxylic acids is 2. The number of ether oxygens (including phenoxy) is 2. The van der Waals surface area contributed by atoms with Gasteiger partial charge in [0.25, 0.3) is 11.8 Å². The van der Waals surface area contributed by atoms with Gasteiger partial charge in [0.15, 0.2) is 6.10 Å². The molecule has 3 aromatic rings. The molecule has 2 atom stereocenters. The van der Waals surface area contributed by atoms with Crippen LogP contribution in [-0.4, -0.2) is 65.3 Å². The number of aliphatic hydroxyl groups is 1. The fraction of sp³-hybridized carbons (Fsp3) is 0.367. The van der Waals surface area contributed by atoms with Gasteiger partial charge in [0.1, 0.15) is 17.3 Å². The van der Waals surface area contributed by atoms with E-state index in [0.717, 1.165) is 0 Å². The van der Waals surface area contributed by atoms with E-state index >= 15 is 4.39 Å². The second kappa shape index (κ2) is 11.8. The molecule has 2 amide bonds. The topological polar surface area (TPSA) is 92.2 Å². The first-order chi connectivity index (χ1) is 19.3. The van der Waals surface area contributed by atoms with Gasteiger partial charge in [-0.05, 0) is 49.6 Å². The molecule has 2 aliphatic rings. The minimum Gasteiger partial charge on any atom is -0.493 e. The van der Waals surface area contributed by atoms with Crippen molar-refractivity contribution >= 4 is 29.1 Å². The van der Waals surface area contributed by atoms with Crippen molar-refractivity contribution < 1.29 is 28.6 Å². The molecule has 0 spiro atoms. The van der Waals surface area contributed by atoms with Gasteiger partial charge in [0.05, 0.1) is 17.2 Å². The molecule has 0 bridgehead atoms. The first-order valence-corrected chi connectivity index (χ1v) is 13.7. The van der Waals surface area contributed by atoms with Crippen LogP contribution in [-0.2, 0) is 4.79 Å². The number of hydrogen-bond donors (Lipinski definition) is 1. The van der Waals surface area contributed by atoms with Gasteiger partial charge >= 0.3 is 0 Å². The number of para-hydroxylation sites is 1.